The number of nitrogens with zero attached hydrogens (tertiary/aromatic N) is 2. The zero-order chi connectivity index (χ0) is 12.7. The van der Waals surface area contributed by atoms with E-state index in [1.165, 1.54) is 12.8 Å². The fraction of sp³-hybridized carbons (Fsp3) is 0.571. The molecule has 0 unspecified atom stereocenters. The lowest BCUT2D eigenvalue weighted by atomic mass is 9.97. The Morgan fingerprint density at radius 2 is 2.17 bits per heavy atom. The lowest BCUT2D eigenvalue weighted by Crippen LogP contribution is -2.14. The summed E-state index contributed by atoms with van der Waals surface area (Å²) >= 11 is 0. The Morgan fingerprint density at radius 3 is 2.83 bits per heavy atom. The molecular weight excluding hydrogens is 228 g/mol. The van der Waals surface area contributed by atoms with E-state index in [0.717, 1.165) is 42.9 Å². The standard InChI is InChI=1S/C14H18N2O2/c1-16-7-6-11-12(16)8-10(14(17)18)13(15-11)9-4-2-3-5-9/h8-9H,2-7H2,1H3,(H,17,18). The van der Waals surface area contributed by atoms with Crippen LogP contribution in [0.1, 0.15) is 53.3 Å². The molecule has 18 heavy (non-hydrogen) atoms. The summed E-state index contributed by atoms with van der Waals surface area (Å²) in [6.07, 6.45) is 5.50. The molecule has 0 bridgehead atoms. The van der Waals surface area contributed by atoms with E-state index in [-0.39, 0.29) is 0 Å². The first kappa shape index (κ1) is 11.5. The number of pyridine rings is 1. The Bertz CT molecular complexity index is 493. The van der Waals surface area contributed by atoms with Crippen LogP contribution in [0.4, 0.5) is 5.69 Å². The van der Waals surface area contributed by atoms with Gasteiger partial charge in [-0.3, -0.25) is 4.98 Å². The molecule has 1 N–H and O–H groups in total. The van der Waals surface area contributed by atoms with E-state index >= 15 is 0 Å². The first-order valence-electron chi connectivity index (χ1n) is 6.65. The lowest BCUT2D eigenvalue weighted by molar-refractivity contribution is 0.0694. The molecule has 0 saturated heterocycles. The van der Waals surface area contributed by atoms with Crippen LogP contribution in [0.2, 0.25) is 0 Å². The quantitative estimate of drug-likeness (QED) is 0.870. The minimum atomic E-state index is -0.840. The van der Waals surface area contributed by atoms with Crippen molar-refractivity contribution < 1.29 is 9.90 Å². The largest absolute Gasteiger partial charge is 0.478 e. The predicted octanol–water partition coefficient (Wildman–Crippen LogP) is 2.43. The van der Waals surface area contributed by atoms with Gasteiger partial charge in [0.15, 0.2) is 0 Å². The Labute approximate surface area is 107 Å². The highest BCUT2D eigenvalue weighted by molar-refractivity contribution is 5.90. The van der Waals surface area contributed by atoms with Crippen molar-refractivity contribution in [1.82, 2.24) is 4.98 Å². The maximum atomic E-state index is 11.4. The molecule has 3 rings (SSSR count). The van der Waals surface area contributed by atoms with Crippen molar-refractivity contribution in [1.29, 1.82) is 0 Å². The fourth-order valence-electron chi connectivity index (χ4n) is 3.15. The van der Waals surface area contributed by atoms with Crippen molar-refractivity contribution in [2.24, 2.45) is 0 Å². The monoisotopic (exact) mass is 246 g/mol. The van der Waals surface area contributed by atoms with Crippen molar-refractivity contribution in [3.8, 4) is 0 Å². The average Bonchev–Trinajstić information content (AvgIpc) is 2.98. The number of likely N-dealkylation sites (N-methyl/N-ethyl adjacent to an activating group) is 1. The van der Waals surface area contributed by atoms with Crippen LogP contribution >= 0.6 is 0 Å². The van der Waals surface area contributed by atoms with Crippen LogP contribution in [0.15, 0.2) is 6.07 Å². The van der Waals surface area contributed by atoms with Gasteiger partial charge in [0.2, 0.25) is 0 Å². The molecule has 1 saturated carbocycles. The minimum Gasteiger partial charge on any atom is -0.478 e. The van der Waals surface area contributed by atoms with E-state index in [0.29, 0.717) is 11.5 Å². The Balaban J connectivity index is 2.09. The smallest absolute Gasteiger partial charge is 0.337 e. The number of aromatic carboxylic acids is 1. The Hall–Kier alpha value is -1.58. The predicted molar refractivity (Wildman–Crippen MR) is 69.4 cm³/mol. The van der Waals surface area contributed by atoms with E-state index in [9.17, 15) is 9.90 Å². The summed E-state index contributed by atoms with van der Waals surface area (Å²) in [4.78, 5) is 18.2. The van der Waals surface area contributed by atoms with Crippen LogP contribution in [0.3, 0.4) is 0 Å². The minimum absolute atomic E-state index is 0.354. The highest BCUT2D eigenvalue weighted by Crippen LogP contribution is 2.37. The molecule has 0 radical (unpaired) electrons. The van der Waals surface area contributed by atoms with Crippen LogP contribution in [0, 0.1) is 0 Å². The topological polar surface area (TPSA) is 53.4 Å². The number of anilines is 1. The molecule has 1 aliphatic carbocycles. The first-order valence-corrected chi connectivity index (χ1v) is 6.65. The van der Waals surface area contributed by atoms with Crippen LogP contribution in [-0.4, -0.2) is 29.7 Å². The number of carboxylic acids is 1. The van der Waals surface area contributed by atoms with Gasteiger partial charge in [-0.25, -0.2) is 4.79 Å². The molecule has 96 valence electrons. The molecular formula is C14H18N2O2. The number of fused-ring (bicyclic) bond motifs is 1. The average molecular weight is 246 g/mol. The summed E-state index contributed by atoms with van der Waals surface area (Å²) in [6, 6.07) is 1.82. The van der Waals surface area contributed by atoms with E-state index in [2.05, 4.69) is 9.88 Å². The van der Waals surface area contributed by atoms with Gasteiger partial charge in [-0.1, -0.05) is 12.8 Å². The number of rotatable bonds is 2. The summed E-state index contributed by atoms with van der Waals surface area (Å²) in [5.74, 6) is -0.486. The Morgan fingerprint density at radius 1 is 1.44 bits per heavy atom. The molecule has 0 atom stereocenters. The molecule has 4 heteroatoms. The van der Waals surface area contributed by atoms with E-state index in [4.69, 9.17) is 0 Å². The van der Waals surface area contributed by atoms with Gasteiger partial charge in [0.25, 0.3) is 0 Å². The summed E-state index contributed by atoms with van der Waals surface area (Å²) in [5.41, 5.74) is 3.31. The second-order valence-electron chi connectivity index (χ2n) is 5.35. The molecule has 0 amide bonds. The van der Waals surface area contributed by atoms with Crippen molar-refractivity contribution in [3.05, 3.63) is 23.0 Å². The van der Waals surface area contributed by atoms with Gasteiger partial charge in [-0.2, -0.15) is 0 Å². The molecule has 0 aromatic carbocycles. The number of carboxylic acid groups (broad SMARTS) is 1. The van der Waals surface area contributed by atoms with E-state index in [1.807, 2.05) is 13.1 Å². The molecule has 1 aromatic rings. The highest BCUT2D eigenvalue weighted by atomic mass is 16.4. The molecule has 4 nitrogen and oxygen atoms in total. The zero-order valence-corrected chi connectivity index (χ0v) is 10.6. The normalized spacial score (nSPS) is 19.3. The maximum Gasteiger partial charge on any atom is 0.337 e. The van der Waals surface area contributed by atoms with Crippen LogP contribution in [0.5, 0.6) is 0 Å². The maximum absolute atomic E-state index is 11.4. The van der Waals surface area contributed by atoms with E-state index in [1.54, 1.807) is 0 Å². The molecule has 0 spiro atoms. The highest BCUT2D eigenvalue weighted by Gasteiger charge is 2.28. The third-order valence-electron chi connectivity index (χ3n) is 4.18. The van der Waals surface area contributed by atoms with Crippen LogP contribution in [0.25, 0.3) is 0 Å². The summed E-state index contributed by atoms with van der Waals surface area (Å²) < 4.78 is 0. The van der Waals surface area contributed by atoms with Gasteiger partial charge in [-0.15, -0.1) is 0 Å². The molecule has 2 aliphatic rings. The summed E-state index contributed by atoms with van der Waals surface area (Å²) in [5, 5.41) is 9.38. The van der Waals surface area contributed by atoms with Crippen molar-refractivity contribution in [2.45, 2.75) is 38.0 Å². The number of hydrogen-bond acceptors (Lipinski definition) is 3. The van der Waals surface area contributed by atoms with Crippen molar-refractivity contribution in [2.75, 3.05) is 18.5 Å². The second kappa shape index (κ2) is 4.26. The third kappa shape index (κ3) is 1.76. The fourth-order valence-corrected chi connectivity index (χ4v) is 3.15. The summed E-state index contributed by atoms with van der Waals surface area (Å²) in [6.45, 7) is 0.940. The first-order chi connectivity index (χ1) is 8.66. The number of aromatic nitrogens is 1. The SMILES string of the molecule is CN1CCc2nc(C3CCCC3)c(C(=O)O)cc21. The van der Waals surface area contributed by atoms with Gasteiger partial charge >= 0.3 is 5.97 Å². The zero-order valence-electron chi connectivity index (χ0n) is 10.6. The van der Waals surface area contributed by atoms with Crippen LogP contribution < -0.4 is 4.90 Å². The van der Waals surface area contributed by atoms with Gasteiger partial charge in [0.1, 0.15) is 0 Å². The third-order valence-corrected chi connectivity index (χ3v) is 4.18. The molecule has 2 heterocycles. The number of hydrogen-bond donors (Lipinski definition) is 1. The molecule has 1 aromatic heterocycles. The van der Waals surface area contributed by atoms with Crippen molar-refractivity contribution in [3.63, 3.8) is 0 Å². The van der Waals surface area contributed by atoms with Crippen LogP contribution in [-0.2, 0) is 6.42 Å². The number of carbonyl (C=O) groups is 1. The van der Waals surface area contributed by atoms with E-state index < -0.39 is 5.97 Å². The van der Waals surface area contributed by atoms with Crippen molar-refractivity contribution >= 4 is 11.7 Å². The van der Waals surface area contributed by atoms with Gasteiger partial charge < -0.3 is 10.0 Å². The lowest BCUT2D eigenvalue weighted by Gasteiger charge is -2.16. The second-order valence-corrected chi connectivity index (χ2v) is 5.35. The summed E-state index contributed by atoms with van der Waals surface area (Å²) in [7, 11) is 1.99. The Kier molecular flexibility index (Phi) is 2.73. The van der Waals surface area contributed by atoms with Gasteiger partial charge in [0.05, 0.1) is 22.6 Å². The molecule has 1 aliphatic heterocycles. The van der Waals surface area contributed by atoms with Gasteiger partial charge in [0, 0.05) is 25.9 Å². The molecule has 1 fully saturated rings. The van der Waals surface area contributed by atoms with Gasteiger partial charge in [-0.05, 0) is 18.9 Å².